The minimum Gasteiger partial charge on any atom is -0.461 e. The van der Waals surface area contributed by atoms with Crippen molar-refractivity contribution < 1.29 is 9.53 Å². The highest BCUT2D eigenvalue weighted by Gasteiger charge is 2.08. The lowest BCUT2D eigenvalue weighted by Gasteiger charge is -2.06. The van der Waals surface area contributed by atoms with Crippen molar-refractivity contribution in [2.45, 2.75) is 13.8 Å². The Bertz CT molecular complexity index is 368. The SMILES string of the molecule is CC(C)COC(=O)c1cc(=O)cc[nH]1. The maximum absolute atomic E-state index is 11.3. The number of nitrogens with one attached hydrogen (secondary N) is 1. The molecule has 0 aliphatic heterocycles. The monoisotopic (exact) mass is 195 g/mol. The van der Waals surface area contributed by atoms with E-state index in [1.54, 1.807) is 0 Å². The number of ether oxygens (including phenoxy) is 1. The summed E-state index contributed by atoms with van der Waals surface area (Å²) in [6.45, 7) is 4.25. The van der Waals surface area contributed by atoms with Gasteiger partial charge in [-0.15, -0.1) is 0 Å². The van der Waals surface area contributed by atoms with Gasteiger partial charge < -0.3 is 9.72 Å². The van der Waals surface area contributed by atoms with E-state index in [-0.39, 0.29) is 17.0 Å². The first-order valence-electron chi connectivity index (χ1n) is 4.45. The van der Waals surface area contributed by atoms with Gasteiger partial charge in [-0.1, -0.05) is 13.8 Å². The Morgan fingerprint density at radius 3 is 2.86 bits per heavy atom. The van der Waals surface area contributed by atoms with Crippen molar-refractivity contribution in [1.82, 2.24) is 4.98 Å². The number of carbonyl (C=O) groups is 1. The highest BCUT2D eigenvalue weighted by Crippen LogP contribution is 1.98. The van der Waals surface area contributed by atoms with Crippen molar-refractivity contribution in [3.8, 4) is 0 Å². The number of H-pyrrole nitrogens is 1. The molecule has 0 atom stereocenters. The van der Waals surface area contributed by atoms with Crippen molar-refractivity contribution in [3.05, 3.63) is 34.2 Å². The van der Waals surface area contributed by atoms with Gasteiger partial charge in [-0.05, 0) is 5.92 Å². The molecule has 1 aromatic heterocycles. The molecule has 1 heterocycles. The fourth-order valence-electron chi connectivity index (χ4n) is 0.884. The average molecular weight is 195 g/mol. The molecule has 0 spiro atoms. The Morgan fingerprint density at radius 1 is 1.57 bits per heavy atom. The van der Waals surface area contributed by atoms with Crippen LogP contribution in [-0.4, -0.2) is 17.6 Å². The van der Waals surface area contributed by atoms with Gasteiger partial charge in [0, 0.05) is 18.3 Å². The first-order valence-corrected chi connectivity index (χ1v) is 4.45. The Balaban J connectivity index is 2.65. The van der Waals surface area contributed by atoms with Gasteiger partial charge >= 0.3 is 5.97 Å². The molecule has 4 nitrogen and oxygen atoms in total. The fourth-order valence-corrected chi connectivity index (χ4v) is 0.884. The van der Waals surface area contributed by atoms with E-state index in [0.717, 1.165) is 0 Å². The lowest BCUT2D eigenvalue weighted by atomic mass is 10.2. The smallest absolute Gasteiger partial charge is 0.354 e. The Kier molecular flexibility index (Phi) is 3.45. The van der Waals surface area contributed by atoms with Crippen LogP contribution in [0, 0.1) is 5.92 Å². The van der Waals surface area contributed by atoms with Crippen LogP contribution in [0.1, 0.15) is 24.3 Å². The molecular formula is C10H13NO3. The fraction of sp³-hybridized carbons (Fsp3) is 0.400. The van der Waals surface area contributed by atoms with Gasteiger partial charge in [0.2, 0.25) is 0 Å². The summed E-state index contributed by atoms with van der Waals surface area (Å²) in [6, 6.07) is 2.57. The van der Waals surface area contributed by atoms with Crippen molar-refractivity contribution in [1.29, 1.82) is 0 Å². The van der Waals surface area contributed by atoms with E-state index in [4.69, 9.17) is 4.74 Å². The van der Waals surface area contributed by atoms with Crippen LogP contribution in [0.2, 0.25) is 0 Å². The Labute approximate surface area is 81.9 Å². The molecule has 14 heavy (non-hydrogen) atoms. The number of aromatic nitrogens is 1. The molecule has 1 rings (SSSR count). The normalized spacial score (nSPS) is 10.2. The van der Waals surface area contributed by atoms with Crippen LogP contribution in [0.5, 0.6) is 0 Å². The third-order valence-electron chi connectivity index (χ3n) is 1.54. The molecule has 0 saturated heterocycles. The van der Waals surface area contributed by atoms with Crippen molar-refractivity contribution >= 4 is 5.97 Å². The highest BCUT2D eigenvalue weighted by molar-refractivity contribution is 5.87. The molecular weight excluding hydrogens is 182 g/mol. The molecule has 0 bridgehead atoms. The minimum atomic E-state index is -0.489. The predicted molar refractivity (Wildman–Crippen MR) is 52.2 cm³/mol. The Hall–Kier alpha value is -1.58. The molecule has 0 aliphatic carbocycles. The molecule has 1 aromatic rings. The molecule has 0 amide bonds. The van der Waals surface area contributed by atoms with Gasteiger partial charge in [0.25, 0.3) is 0 Å². The van der Waals surface area contributed by atoms with E-state index < -0.39 is 5.97 Å². The third-order valence-corrected chi connectivity index (χ3v) is 1.54. The van der Waals surface area contributed by atoms with E-state index >= 15 is 0 Å². The molecule has 0 unspecified atom stereocenters. The number of hydrogen-bond acceptors (Lipinski definition) is 3. The molecule has 0 saturated carbocycles. The van der Waals surface area contributed by atoms with E-state index in [1.165, 1.54) is 18.3 Å². The second kappa shape index (κ2) is 4.60. The number of carbonyl (C=O) groups excluding carboxylic acids is 1. The zero-order valence-electron chi connectivity index (χ0n) is 8.24. The number of aromatic amines is 1. The molecule has 76 valence electrons. The average Bonchev–Trinajstić information content (AvgIpc) is 2.14. The summed E-state index contributed by atoms with van der Waals surface area (Å²) < 4.78 is 4.94. The minimum absolute atomic E-state index is 0.193. The van der Waals surface area contributed by atoms with Crippen LogP contribution in [0.3, 0.4) is 0 Å². The van der Waals surface area contributed by atoms with E-state index in [9.17, 15) is 9.59 Å². The number of esters is 1. The largest absolute Gasteiger partial charge is 0.461 e. The van der Waals surface area contributed by atoms with Crippen LogP contribution >= 0.6 is 0 Å². The molecule has 0 radical (unpaired) electrons. The summed E-state index contributed by atoms with van der Waals surface area (Å²) in [7, 11) is 0. The summed E-state index contributed by atoms with van der Waals surface area (Å²) in [5, 5.41) is 0. The third kappa shape index (κ3) is 3.05. The maximum atomic E-state index is 11.3. The molecule has 4 heteroatoms. The quantitative estimate of drug-likeness (QED) is 0.737. The van der Waals surface area contributed by atoms with Gasteiger partial charge in [-0.2, -0.15) is 0 Å². The first-order chi connectivity index (χ1) is 6.59. The standard InChI is InChI=1S/C10H13NO3/c1-7(2)6-14-10(13)9-5-8(12)3-4-11-9/h3-5,7H,6H2,1-2H3,(H,11,12). The van der Waals surface area contributed by atoms with Gasteiger partial charge in [0.1, 0.15) is 5.69 Å². The lowest BCUT2D eigenvalue weighted by Crippen LogP contribution is -2.13. The van der Waals surface area contributed by atoms with E-state index in [0.29, 0.717) is 6.61 Å². The topological polar surface area (TPSA) is 59.2 Å². The molecule has 0 fully saturated rings. The summed E-state index contributed by atoms with van der Waals surface area (Å²) in [4.78, 5) is 24.9. The van der Waals surface area contributed by atoms with Crippen molar-refractivity contribution in [2.24, 2.45) is 5.92 Å². The van der Waals surface area contributed by atoms with Gasteiger partial charge in [0.15, 0.2) is 5.43 Å². The zero-order chi connectivity index (χ0) is 10.6. The molecule has 0 aliphatic rings. The van der Waals surface area contributed by atoms with Gasteiger partial charge in [0.05, 0.1) is 6.61 Å². The second-order valence-corrected chi connectivity index (χ2v) is 3.43. The summed E-state index contributed by atoms with van der Waals surface area (Å²) in [5.41, 5.74) is -0.0154. The summed E-state index contributed by atoms with van der Waals surface area (Å²) in [6.07, 6.45) is 1.42. The van der Waals surface area contributed by atoms with Gasteiger partial charge in [-0.3, -0.25) is 4.79 Å². The summed E-state index contributed by atoms with van der Waals surface area (Å²) >= 11 is 0. The zero-order valence-corrected chi connectivity index (χ0v) is 8.24. The van der Waals surface area contributed by atoms with Crippen LogP contribution in [0.4, 0.5) is 0 Å². The first kappa shape index (κ1) is 10.5. The van der Waals surface area contributed by atoms with Crippen LogP contribution in [-0.2, 0) is 4.74 Å². The van der Waals surface area contributed by atoms with Crippen LogP contribution in [0.15, 0.2) is 23.1 Å². The molecule has 0 aromatic carbocycles. The van der Waals surface area contributed by atoms with E-state index in [1.807, 2.05) is 13.8 Å². The maximum Gasteiger partial charge on any atom is 0.354 e. The number of pyridine rings is 1. The summed E-state index contributed by atoms with van der Waals surface area (Å²) in [5.74, 6) is -0.203. The molecule has 1 N–H and O–H groups in total. The second-order valence-electron chi connectivity index (χ2n) is 3.43. The predicted octanol–water partition coefficient (Wildman–Crippen LogP) is 1.19. The van der Waals surface area contributed by atoms with Gasteiger partial charge in [-0.25, -0.2) is 4.79 Å². The Morgan fingerprint density at radius 2 is 2.29 bits per heavy atom. The van der Waals surface area contributed by atoms with Crippen molar-refractivity contribution in [2.75, 3.05) is 6.61 Å². The highest BCUT2D eigenvalue weighted by atomic mass is 16.5. The number of rotatable bonds is 3. The van der Waals surface area contributed by atoms with Crippen LogP contribution in [0.25, 0.3) is 0 Å². The van der Waals surface area contributed by atoms with E-state index in [2.05, 4.69) is 4.98 Å². The lowest BCUT2D eigenvalue weighted by molar-refractivity contribution is 0.0452. The van der Waals surface area contributed by atoms with Crippen LogP contribution < -0.4 is 5.43 Å². The van der Waals surface area contributed by atoms with Crippen molar-refractivity contribution in [3.63, 3.8) is 0 Å². The number of hydrogen-bond donors (Lipinski definition) is 1.